The van der Waals surface area contributed by atoms with E-state index in [2.05, 4.69) is 20.8 Å². The first kappa shape index (κ1) is 16.9. The van der Waals surface area contributed by atoms with Crippen LogP contribution in [0.15, 0.2) is 0 Å². The van der Waals surface area contributed by atoms with Crippen LogP contribution in [0.25, 0.3) is 0 Å². The van der Waals surface area contributed by atoms with Crippen LogP contribution in [-0.2, 0) is 14.2 Å². The molecule has 0 radical (unpaired) electrons. The molecule has 3 nitrogen and oxygen atoms in total. The van der Waals surface area contributed by atoms with Gasteiger partial charge in [0.25, 0.3) is 0 Å². The van der Waals surface area contributed by atoms with Crippen molar-refractivity contribution in [1.82, 2.24) is 0 Å². The Labute approximate surface area is 119 Å². The van der Waals surface area contributed by atoms with E-state index in [9.17, 15) is 0 Å². The molecule has 0 spiro atoms. The summed E-state index contributed by atoms with van der Waals surface area (Å²) < 4.78 is 17.4. The van der Waals surface area contributed by atoms with Crippen LogP contribution in [0.1, 0.15) is 52.9 Å². The van der Waals surface area contributed by atoms with Crippen molar-refractivity contribution in [2.75, 3.05) is 39.6 Å². The van der Waals surface area contributed by atoms with Gasteiger partial charge >= 0.3 is 0 Å². The van der Waals surface area contributed by atoms with Gasteiger partial charge in [0.1, 0.15) is 0 Å². The third-order valence-corrected chi connectivity index (χ3v) is 4.25. The highest BCUT2D eigenvalue weighted by molar-refractivity contribution is 4.88. The van der Waals surface area contributed by atoms with Crippen molar-refractivity contribution in [3.8, 4) is 0 Å². The van der Waals surface area contributed by atoms with E-state index in [0.29, 0.717) is 5.92 Å². The van der Waals surface area contributed by atoms with Crippen LogP contribution in [-0.4, -0.2) is 39.6 Å². The quantitative estimate of drug-likeness (QED) is 0.607. The molecule has 0 aromatic carbocycles. The fourth-order valence-corrected chi connectivity index (χ4v) is 3.11. The van der Waals surface area contributed by atoms with Crippen molar-refractivity contribution in [3.05, 3.63) is 0 Å². The molecule has 0 atom stereocenters. The van der Waals surface area contributed by atoms with Gasteiger partial charge < -0.3 is 14.2 Å². The summed E-state index contributed by atoms with van der Waals surface area (Å²) in [6.45, 7) is 10.8. The molecule has 114 valence electrons. The fourth-order valence-electron chi connectivity index (χ4n) is 3.11. The van der Waals surface area contributed by atoms with Gasteiger partial charge in [-0.25, -0.2) is 0 Å². The summed E-state index contributed by atoms with van der Waals surface area (Å²) in [5, 5.41) is 0. The van der Waals surface area contributed by atoms with E-state index in [1.165, 1.54) is 32.1 Å². The first-order chi connectivity index (χ1) is 9.29. The fraction of sp³-hybridized carbons (Fsp3) is 1.00. The molecule has 0 N–H and O–H groups in total. The van der Waals surface area contributed by atoms with Gasteiger partial charge in [0.2, 0.25) is 0 Å². The second kappa shape index (κ2) is 9.73. The lowest BCUT2D eigenvalue weighted by Gasteiger charge is -2.42. The summed E-state index contributed by atoms with van der Waals surface area (Å²) in [6, 6.07) is 0. The van der Waals surface area contributed by atoms with E-state index < -0.39 is 0 Å². The Balaban J connectivity index is 2.73. The standard InChI is InChI=1S/C16H32O3/c1-4-17-12-16(13-18-5-2,14-19-6-3)15-10-8-7-9-11-15/h15H,4-14H2,1-3H3. The molecule has 1 fully saturated rings. The average molecular weight is 272 g/mol. The molecule has 0 aromatic heterocycles. The van der Waals surface area contributed by atoms with E-state index in [0.717, 1.165) is 39.6 Å². The molecule has 0 heterocycles. The molecule has 0 amide bonds. The molecular weight excluding hydrogens is 240 g/mol. The summed E-state index contributed by atoms with van der Waals surface area (Å²) in [4.78, 5) is 0. The summed E-state index contributed by atoms with van der Waals surface area (Å²) in [6.07, 6.45) is 6.67. The second-order valence-electron chi connectivity index (χ2n) is 5.61. The summed E-state index contributed by atoms with van der Waals surface area (Å²) in [5.41, 5.74) is 0.0580. The third kappa shape index (κ3) is 5.41. The van der Waals surface area contributed by atoms with E-state index in [-0.39, 0.29) is 5.41 Å². The van der Waals surface area contributed by atoms with Crippen LogP contribution < -0.4 is 0 Å². The van der Waals surface area contributed by atoms with Crippen LogP contribution in [0.2, 0.25) is 0 Å². The Morgan fingerprint density at radius 1 is 0.737 bits per heavy atom. The molecule has 0 saturated heterocycles. The van der Waals surface area contributed by atoms with Gasteiger partial charge in [-0.1, -0.05) is 19.3 Å². The molecule has 1 aliphatic carbocycles. The van der Waals surface area contributed by atoms with Crippen molar-refractivity contribution in [2.45, 2.75) is 52.9 Å². The molecular formula is C16H32O3. The van der Waals surface area contributed by atoms with E-state index >= 15 is 0 Å². The van der Waals surface area contributed by atoms with Crippen LogP contribution in [0.5, 0.6) is 0 Å². The van der Waals surface area contributed by atoms with Gasteiger partial charge in [-0.15, -0.1) is 0 Å². The topological polar surface area (TPSA) is 27.7 Å². The molecule has 1 aliphatic rings. The van der Waals surface area contributed by atoms with E-state index in [4.69, 9.17) is 14.2 Å². The van der Waals surface area contributed by atoms with Crippen molar-refractivity contribution in [3.63, 3.8) is 0 Å². The minimum Gasteiger partial charge on any atom is -0.381 e. The van der Waals surface area contributed by atoms with Gasteiger partial charge in [-0.2, -0.15) is 0 Å². The smallest absolute Gasteiger partial charge is 0.0569 e. The van der Waals surface area contributed by atoms with Gasteiger partial charge in [0, 0.05) is 25.2 Å². The first-order valence-corrected chi connectivity index (χ1v) is 8.02. The average Bonchev–Trinajstić information content (AvgIpc) is 2.48. The Kier molecular flexibility index (Phi) is 8.67. The number of ether oxygens (including phenoxy) is 3. The maximum atomic E-state index is 5.79. The maximum Gasteiger partial charge on any atom is 0.0569 e. The van der Waals surface area contributed by atoms with Crippen molar-refractivity contribution in [1.29, 1.82) is 0 Å². The van der Waals surface area contributed by atoms with Crippen molar-refractivity contribution >= 4 is 0 Å². The van der Waals surface area contributed by atoms with Gasteiger partial charge in [0.15, 0.2) is 0 Å². The van der Waals surface area contributed by atoms with Gasteiger partial charge in [0.05, 0.1) is 19.8 Å². The minimum absolute atomic E-state index is 0.0580. The van der Waals surface area contributed by atoms with Crippen LogP contribution in [0.4, 0.5) is 0 Å². The largest absolute Gasteiger partial charge is 0.381 e. The molecule has 0 aliphatic heterocycles. The predicted octanol–water partition coefficient (Wildman–Crippen LogP) is 3.66. The van der Waals surface area contributed by atoms with Crippen LogP contribution in [0, 0.1) is 11.3 Å². The van der Waals surface area contributed by atoms with E-state index in [1.807, 2.05) is 0 Å². The SMILES string of the molecule is CCOCC(COCC)(COCC)C1CCCCC1. The third-order valence-electron chi connectivity index (χ3n) is 4.25. The molecule has 0 aromatic rings. The Morgan fingerprint density at radius 2 is 1.16 bits per heavy atom. The summed E-state index contributed by atoms with van der Waals surface area (Å²) in [5.74, 6) is 0.686. The van der Waals surface area contributed by atoms with Crippen molar-refractivity contribution < 1.29 is 14.2 Å². The van der Waals surface area contributed by atoms with Gasteiger partial charge in [-0.3, -0.25) is 0 Å². The highest BCUT2D eigenvalue weighted by Gasteiger charge is 2.40. The van der Waals surface area contributed by atoms with Gasteiger partial charge in [-0.05, 0) is 39.5 Å². The molecule has 3 heteroatoms. The summed E-state index contributed by atoms with van der Waals surface area (Å²) >= 11 is 0. The zero-order valence-electron chi connectivity index (χ0n) is 13.1. The maximum absolute atomic E-state index is 5.79. The highest BCUT2D eigenvalue weighted by Crippen LogP contribution is 2.40. The lowest BCUT2D eigenvalue weighted by atomic mass is 9.70. The molecule has 0 unspecified atom stereocenters. The minimum atomic E-state index is 0.0580. The van der Waals surface area contributed by atoms with Crippen LogP contribution >= 0.6 is 0 Å². The Morgan fingerprint density at radius 3 is 1.53 bits per heavy atom. The van der Waals surface area contributed by atoms with Crippen molar-refractivity contribution in [2.24, 2.45) is 11.3 Å². The molecule has 0 bridgehead atoms. The van der Waals surface area contributed by atoms with E-state index in [1.54, 1.807) is 0 Å². The number of hydrogen-bond donors (Lipinski definition) is 0. The Hall–Kier alpha value is -0.120. The zero-order chi connectivity index (χ0) is 14.0. The molecule has 19 heavy (non-hydrogen) atoms. The number of rotatable bonds is 10. The molecule has 1 saturated carbocycles. The molecule has 1 rings (SSSR count). The Bertz CT molecular complexity index is 190. The lowest BCUT2D eigenvalue weighted by Crippen LogP contribution is -2.45. The highest BCUT2D eigenvalue weighted by atomic mass is 16.5. The second-order valence-corrected chi connectivity index (χ2v) is 5.61. The normalized spacial score (nSPS) is 17.8. The first-order valence-electron chi connectivity index (χ1n) is 8.02. The zero-order valence-corrected chi connectivity index (χ0v) is 13.1. The predicted molar refractivity (Wildman–Crippen MR) is 78.5 cm³/mol. The number of hydrogen-bond acceptors (Lipinski definition) is 3. The monoisotopic (exact) mass is 272 g/mol. The lowest BCUT2D eigenvalue weighted by molar-refractivity contribution is -0.102. The van der Waals surface area contributed by atoms with Crippen LogP contribution in [0.3, 0.4) is 0 Å². The summed E-state index contributed by atoms with van der Waals surface area (Å²) in [7, 11) is 0.